The highest BCUT2D eigenvalue weighted by molar-refractivity contribution is 6.33. The minimum Gasteiger partial charge on any atom is -0.293 e. The quantitative estimate of drug-likeness (QED) is 0.155. The lowest BCUT2D eigenvalue weighted by Gasteiger charge is -2.37. The summed E-state index contributed by atoms with van der Waals surface area (Å²) in [4.78, 5) is 32.1. The van der Waals surface area contributed by atoms with E-state index in [0.717, 1.165) is 87.2 Å². The maximum absolute atomic E-state index is 16.0. The summed E-state index contributed by atoms with van der Waals surface area (Å²) in [7, 11) is 0. The number of fused-ring (bicyclic) bond motifs is 22. The molecule has 0 aliphatic heterocycles. The van der Waals surface area contributed by atoms with Crippen molar-refractivity contribution in [3.05, 3.63) is 216 Å². The predicted molar refractivity (Wildman–Crippen MR) is 258 cm³/mol. The van der Waals surface area contributed by atoms with Crippen molar-refractivity contribution in [3.63, 3.8) is 0 Å². The van der Waals surface area contributed by atoms with Gasteiger partial charge in [-0.1, -0.05) is 194 Å². The minimum atomic E-state index is -0.813. The maximum atomic E-state index is 16.0. The lowest BCUT2D eigenvalue weighted by atomic mass is 9.63. The average Bonchev–Trinajstić information content (AvgIpc) is 3.33. The van der Waals surface area contributed by atoms with Gasteiger partial charge in [0.15, 0.2) is 11.6 Å². The van der Waals surface area contributed by atoms with E-state index in [1.54, 1.807) is 0 Å². The van der Waals surface area contributed by atoms with Gasteiger partial charge < -0.3 is 0 Å². The molecule has 12 aromatic carbocycles. The molecule has 62 heavy (non-hydrogen) atoms. The van der Waals surface area contributed by atoms with E-state index in [9.17, 15) is 0 Å². The number of Topliss-reactive ketones (excluding diaryl/α,β-unsaturated/α-hetero) is 2. The van der Waals surface area contributed by atoms with Crippen LogP contribution in [-0.2, 0) is 0 Å². The van der Waals surface area contributed by atoms with Gasteiger partial charge in [-0.05, 0) is 120 Å². The van der Waals surface area contributed by atoms with E-state index >= 15 is 9.59 Å². The van der Waals surface area contributed by atoms with E-state index in [4.69, 9.17) is 0 Å². The van der Waals surface area contributed by atoms with Crippen LogP contribution in [-0.4, -0.2) is 11.6 Å². The number of benzene rings is 12. The molecular weight excluding hydrogens is 753 g/mol. The molecule has 2 aliphatic rings. The van der Waals surface area contributed by atoms with Crippen molar-refractivity contribution in [1.82, 2.24) is 0 Å². The lowest BCUT2D eigenvalue weighted by molar-refractivity contribution is 0.0865. The smallest absolute Gasteiger partial charge is 0.172 e. The third-order valence-corrected chi connectivity index (χ3v) is 14.3. The average molecular weight is 787 g/mol. The second kappa shape index (κ2) is 12.3. The van der Waals surface area contributed by atoms with Crippen LogP contribution in [0.25, 0.3) is 108 Å². The maximum Gasteiger partial charge on any atom is 0.172 e. The van der Waals surface area contributed by atoms with Crippen molar-refractivity contribution in [3.8, 4) is 22.3 Å². The molecule has 0 amide bonds. The fourth-order valence-electron chi connectivity index (χ4n) is 11.7. The summed E-state index contributed by atoms with van der Waals surface area (Å²) in [6.45, 7) is 0. The van der Waals surface area contributed by atoms with Crippen LogP contribution in [0.3, 0.4) is 0 Å². The van der Waals surface area contributed by atoms with E-state index < -0.39 is 11.8 Å². The Hall–Kier alpha value is -7.94. The molecule has 2 heteroatoms. The van der Waals surface area contributed by atoms with Crippen LogP contribution in [0, 0.1) is 0 Å². The Bertz CT molecular complexity index is 3760. The largest absolute Gasteiger partial charge is 0.293 e. The molecule has 0 spiro atoms. The summed E-state index contributed by atoms with van der Waals surface area (Å²) in [6, 6.07) is 68.6. The Kier molecular flexibility index (Phi) is 6.72. The van der Waals surface area contributed by atoms with Gasteiger partial charge in [-0.3, -0.25) is 9.59 Å². The summed E-state index contributed by atoms with van der Waals surface area (Å²) in [5, 5.41) is 17.9. The highest BCUT2D eigenvalue weighted by Gasteiger charge is 2.47. The van der Waals surface area contributed by atoms with Gasteiger partial charge in [0, 0.05) is 11.1 Å². The van der Waals surface area contributed by atoms with Gasteiger partial charge in [-0.25, -0.2) is 0 Å². The standard InChI is InChI=1S/C60H34O2/c61-59-47-15-7-5-13-43(47)45-31-29-39-27-25-37-23-21-35-19-17-33-9-1-3-11-41(33)49(35)51(37)53(39)55(45)57(59)58-56-46(44-14-6-8-16-48(44)60(58)62)32-30-40-28-26-38-24-22-36-20-18-34-10-2-4-12-42(34)50(36)52(38)54(40)56/h1-32,57-58H/t57-,58-/m0/s1. The van der Waals surface area contributed by atoms with E-state index in [2.05, 4.69) is 158 Å². The Balaban J connectivity index is 1.20. The molecule has 0 aromatic heterocycles. The zero-order chi connectivity index (χ0) is 40.8. The monoisotopic (exact) mass is 786 g/mol. The van der Waals surface area contributed by atoms with Gasteiger partial charge >= 0.3 is 0 Å². The van der Waals surface area contributed by atoms with Gasteiger partial charge in [0.1, 0.15) is 0 Å². The van der Waals surface area contributed by atoms with Crippen molar-refractivity contribution in [2.24, 2.45) is 0 Å². The van der Waals surface area contributed by atoms with Crippen LogP contribution in [0.2, 0.25) is 0 Å². The van der Waals surface area contributed by atoms with Gasteiger partial charge in [0.05, 0.1) is 11.8 Å². The molecule has 0 radical (unpaired) electrons. The zero-order valence-electron chi connectivity index (χ0n) is 33.4. The summed E-state index contributed by atoms with van der Waals surface area (Å²) in [6.07, 6.45) is 0. The molecule has 2 aliphatic carbocycles. The Morgan fingerprint density at radius 2 is 0.516 bits per heavy atom. The van der Waals surface area contributed by atoms with Crippen LogP contribution in [0.15, 0.2) is 194 Å². The van der Waals surface area contributed by atoms with Crippen molar-refractivity contribution in [1.29, 1.82) is 0 Å². The number of carbonyl (C=O) groups is 2. The topological polar surface area (TPSA) is 34.1 Å². The highest BCUT2D eigenvalue weighted by Crippen LogP contribution is 2.57. The van der Waals surface area contributed by atoms with Gasteiger partial charge in [-0.2, -0.15) is 0 Å². The predicted octanol–water partition coefficient (Wildman–Crippen LogP) is 15.5. The van der Waals surface area contributed by atoms with Gasteiger partial charge in [0.25, 0.3) is 0 Å². The SMILES string of the molecule is O=C1c2ccccc2-c2ccc3ccc4ccc5ccc6ccccc6c5c4c3c2[C@H]1[C@H]1C(=O)c2ccccc2-c2ccc3ccc4ccc5ccc6ccccc6c5c4c3c21. The van der Waals surface area contributed by atoms with Crippen LogP contribution in [0.1, 0.15) is 43.7 Å². The number of hydrogen-bond donors (Lipinski definition) is 0. The molecule has 0 unspecified atom stereocenters. The first-order valence-electron chi connectivity index (χ1n) is 21.5. The zero-order valence-corrected chi connectivity index (χ0v) is 33.4. The minimum absolute atomic E-state index is 0.0149. The van der Waals surface area contributed by atoms with Crippen LogP contribution < -0.4 is 0 Å². The van der Waals surface area contributed by atoms with Gasteiger partial charge in [-0.15, -0.1) is 0 Å². The summed E-state index contributed by atoms with van der Waals surface area (Å²) < 4.78 is 0. The normalized spacial score (nSPS) is 15.8. The van der Waals surface area contributed by atoms with Crippen LogP contribution >= 0.6 is 0 Å². The molecule has 0 saturated heterocycles. The molecule has 0 heterocycles. The third kappa shape index (κ3) is 4.38. The molecule has 0 N–H and O–H groups in total. The first-order chi connectivity index (χ1) is 30.6. The van der Waals surface area contributed by atoms with Crippen molar-refractivity contribution < 1.29 is 9.59 Å². The Labute approximate surface area is 356 Å². The Morgan fingerprint density at radius 1 is 0.226 bits per heavy atom. The fraction of sp³-hybridized carbons (Fsp3) is 0.0333. The second-order valence-corrected chi connectivity index (χ2v) is 17.3. The lowest BCUT2D eigenvalue weighted by Crippen LogP contribution is -2.33. The van der Waals surface area contributed by atoms with Gasteiger partial charge in [0.2, 0.25) is 0 Å². The van der Waals surface area contributed by atoms with Crippen molar-refractivity contribution in [2.75, 3.05) is 0 Å². The van der Waals surface area contributed by atoms with E-state index in [1.165, 1.54) is 32.3 Å². The molecule has 0 saturated carbocycles. The Morgan fingerprint density at radius 3 is 0.919 bits per heavy atom. The van der Waals surface area contributed by atoms with E-state index in [-0.39, 0.29) is 11.6 Å². The first-order valence-corrected chi connectivity index (χ1v) is 21.5. The van der Waals surface area contributed by atoms with Crippen LogP contribution in [0.4, 0.5) is 0 Å². The third-order valence-electron chi connectivity index (χ3n) is 14.3. The fourth-order valence-corrected chi connectivity index (χ4v) is 11.7. The number of carbonyl (C=O) groups excluding carboxylic acids is 2. The van der Waals surface area contributed by atoms with Crippen molar-refractivity contribution in [2.45, 2.75) is 11.8 Å². The molecular formula is C60H34O2. The number of ketones is 2. The summed E-state index contributed by atoms with van der Waals surface area (Å²) in [5.41, 5.74) is 7.05. The molecule has 14 rings (SSSR count). The summed E-state index contributed by atoms with van der Waals surface area (Å²) >= 11 is 0. The number of rotatable bonds is 1. The highest BCUT2D eigenvalue weighted by atomic mass is 16.1. The summed E-state index contributed by atoms with van der Waals surface area (Å²) in [5.74, 6) is -1.66. The molecule has 0 fully saturated rings. The van der Waals surface area contributed by atoms with Crippen LogP contribution in [0.5, 0.6) is 0 Å². The molecule has 0 bridgehead atoms. The molecule has 12 aromatic rings. The van der Waals surface area contributed by atoms with Crippen molar-refractivity contribution >= 4 is 97.7 Å². The van der Waals surface area contributed by atoms with E-state index in [1.807, 2.05) is 36.4 Å². The first kappa shape index (κ1) is 33.8. The number of hydrogen-bond acceptors (Lipinski definition) is 2. The van der Waals surface area contributed by atoms with E-state index in [0.29, 0.717) is 11.1 Å². The molecule has 2 atom stereocenters. The second-order valence-electron chi connectivity index (χ2n) is 17.3. The molecule has 286 valence electrons. The molecule has 2 nitrogen and oxygen atoms in total.